The molecular formula is C15H18F3NO2. The molecule has 6 heteroatoms. The van der Waals surface area contributed by atoms with Gasteiger partial charge in [-0.15, -0.1) is 0 Å². The van der Waals surface area contributed by atoms with Crippen LogP contribution in [-0.2, 0) is 0 Å². The van der Waals surface area contributed by atoms with Crippen molar-refractivity contribution in [2.24, 2.45) is 5.41 Å². The predicted molar refractivity (Wildman–Crippen MR) is 71.2 cm³/mol. The molecule has 0 aliphatic heterocycles. The Kier molecular flexibility index (Phi) is 4.56. The SMILES string of the molecule is CC1(CNC(=O)c2c(F)cc(F)cc2F)CCCCC1O. The van der Waals surface area contributed by atoms with Crippen LogP contribution in [0.1, 0.15) is 43.0 Å². The fourth-order valence-electron chi connectivity index (χ4n) is 2.72. The van der Waals surface area contributed by atoms with Crippen LogP contribution in [0.15, 0.2) is 12.1 Å². The molecule has 2 N–H and O–H groups in total. The second-order valence-electron chi connectivity index (χ2n) is 5.84. The Morgan fingerprint density at radius 3 is 2.52 bits per heavy atom. The van der Waals surface area contributed by atoms with Gasteiger partial charge in [-0.05, 0) is 12.8 Å². The minimum atomic E-state index is -1.24. The van der Waals surface area contributed by atoms with Gasteiger partial charge in [-0.2, -0.15) is 0 Å². The van der Waals surface area contributed by atoms with Crippen LogP contribution in [0, 0.1) is 22.9 Å². The summed E-state index contributed by atoms with van der Waals surface area (Å²) in [6.07, 6.45) is 2.66. The minimum Gasteiger partial charge on any atom is -0.392 e. The highest BCUT2D eigenvalue weighted by Crippen LogP contribution is 2.35. The van der Waals surface area contributed by atoms with Crippen molar-refractivity contribution in [3.8, 4) is 0 Å². The molecule has 0 heterocycles. The first-order valence-electron chi connectivity index (χ1n) is 6.94. The predicted octanol–water partition coefficient (Wildman–Crippen LogP) is 2.77. The van der Waals surface area contributed by atoms with Crippen molar-refractivity contribution in [3.05, 3.63) is 35.1 Å². The number of aliphatic hydroxyl groups excluding tert-OH is 1. The Morgan fingerprint density at radius 2 is 1.95 bits per heavy atom. The van der Waals surface area contributed by atoms with Crippen molar-refractivity contribution in [1.29, 1.82) is 0 Å². The number of nitrogens with one attached hydrogen (secondary N) is 1. The highest BCUT2D eigenvalue weighted by atomic mass is 19.1. The van der Waals surface area contributed by atoms with Crippen LogP contribution in [0.4, 0.5) is 13.2 Å². The van der Waals surface area contributed by atoms with Gasteiger partial charge in [-0.3, -0.25) is 4.79 Å². The van der Waals surface area contributed by atoms with E-state index in [1.807, 2.05) is 6.92 Å². The maximum absolute atomic E-state index is 13.5. The molecule has 0 spiro atoms. The average Bonchev–Trinajstić information content (AvgIpc) is 2.39. The van der Waals surface area contributed by atoms with Gasteiger partial charge in [0.1, 0.15) is 23.0 Å². The first-order chi connectivity index (χ1) is 9.83. The first kappa shape index (κ1) is 15.8. The minimum absolute atomic E-state index is 0.114. The molecule has 0 bridgehead atoms. The molecule has 0 saturated heterocycles. The van der Waals surface area contributed by atoms with Crippen LogP contribution in [0.2, 0.25) is 0 Å². The van der Waals surface area contributed by atoms with Crippen molar-refractivity contribution in [2.45, 2.75) is 38.7 Å². The molecule has 1 saturated carbocycles. The molecule has 1 amide bonds. The smallest absolute Gasteiger partial charge is 0.257 e. The highest BCUT2D eigenvalue weighted by molar-refractivity contribution is 5.94. The summed E-state index contributed by atoms with van der Waals surface area (Å²) in [5, 5.41) is 12.4. The van der Waals surface area contributed by atoms with Crippen molar-refractivity contribution in [2.75, 3.05) is 6.54 Å². The van der Waals surface area contributed by atoms with Gasteiger partial charge in [0.05, 0.1) is 6.10 Å². The molecule has 0 aromatic heterocycles. The number of halogens is 3. The van der Waals surface area contributed by atoms with Gasteiger partial charge in [0.2, 0.25) is 0 Å². The summed E-state index contributed by atoms with van der Waals surface area (Å²) in [5.74, 6) is -4.49. The maximum Gasteiger partial charge on any atom is 0.257 e. The standard InChI is InChI=1S/C15H18F3NO2/c1-15(5-3-2-4-12(15)20)8-19-14(21)13-10(17)6-9(16)7-11(13)18/h6-7,12,20H,2-5,8H2,1H3,(H,19,21). The lowest BCUT2D eigenvalue weighted by molar-refractivity contribution is 0.00186. The number of carbonyl (C=O) groups is 1. The number of aliphatic hydroxyl groups is 1. The maximum atomic E-state index is 13.5. The lowest BCUT2D eigenvalue weighted by atomic mass is 9.73. The summed E-state index contributed by atoms with van der Waals surface area (Å²) >= 11 is 0. The molecule has 1 aliphatic rings. The zero-order chi connectivity index (χ0) is 15.6. The van der Waals surface area contributed by atoms with E-state index in [0.717, 1.165) is 19.3 Å². The zero-order valence-electron chi connectivity index (χ0n) is 11.8. The van der Waals surface area contributed by atoms with Crippen LogP contribution in [-0.4, -0.2) is 23.7 Å². The van der Waals surface area contributed by atoms with E-state index in [4.69, 9.17) is 0 Å². The van der Waals surface area contributed by atoms with Gasteiger partial charge in [-0.1, -0.05) is 19.8 Å². The van der Waals surface area contributed by atoms with E-state index < -0.39 is 40.4 Å². The van der Waals surface area contributed by atoms with Gasteiger partial charge in [-0.25, -0.2) is 13.2 Å². The second kappa shape index (κ2) is 6.05. The average molecular weight is 301 g/mol. The largest absolute Gasteiger partial charge is 0.392 e. The van der Waals surface area contributed by atoms with Gasteiger partial charge in [0.15, 0.2) is 0 Å². The number of benzene rings is 1. The fourth-order valence-corrected chi connectivity index (χ4v) is 2.72. The number of carbonyl (C=O) groups excluding carboxylic acids is 1. The normalized spacial score (nSPS) is 25.7. The van der Waals surface area contributed by atoms with E-state index in [-0.39, 0.29) is 6.54 Å². The summed E-state index contributed by atoms with van der Waals surface area (Å²) in [7, 11) is 0. The van der Waals surface area contributed by atoms with Crippen LogP contribution < -0.4 is 5.32 Å². The number of rotatable bonds is 3. The fraction of sp³-hybridized carbons (Fsp3) is 0.533. The van der Waals surface area contributed by atoms with E-state index in [1.54, 1.807) is 0 Å². The summed E-state index contributed by atoms with van der Waals surface area (Å²) < 4.78 is 39.8. The van der Waals surface area contributed by atoms with Gasteiger partial charge >= 0.3 is 0 Å². The molecule has 1 aliphatic carbocycles. The zero-order valence-corrected chi connectivity index (χ0v) is 11.8. The molecule has 3 nitrogen and oxygen atoms in total. The Balaban J connectivity index is 2.09. The number of hydrogen-bond acceptors (Lipinski definition) is 2. The van der Waals surface area contributed by atoms with Crippen molar-refractivity contribution in [3.63, 3.8) is 0 Å². The molecule has 2 rings (SSSR count). The van der Waals surface area contributed by atoms with Crippen molar-refractivity contribution in [1.82, 2.24) is 5.32 Å². The Bertz CT molecular complexity index is 527. The lowest BCUT2D eigenvalue weighted by Gasteiger charge is -2.38. The van der Waals surface area contributed by atoms with Crippen molar-refractivity contribution >= 4 is 5.91 Å². The Morgan fingerprint density at radius 1 is 1.33 bits per heavy atom. The summed E-state index contributed by atoms with van der Waals surface area (Å²) in [6, 6.07) is 0.935. The third-order valence-electron chi connectivity index (χ3n) is 4.17. The molecule has 2 unspecified atom stereocenters. The molecule has 116 valence electrons. The first-order valence-corrected chi connectivity index (χ1v) is 6.94. The molecule has 1 fully saturated rings. The number of amides is 1. The summed E-state index contributed by atoms with van der Waals surface area (Å²) in [6.45, 7) is 1.94. The second-order valence-corrected chi connectivity index (χ2v) is 5.84. The van der Waals surface area contributed by atoms with Crippen LogP contribution >= 0.6 is 0 Å². The molecular weight excluding hydrogens is 283 g/mol. The molecule has 21 heavy (non-hydrogen) atoms. The molecule has 1 aromatic carbocycles. The summed E-state index contributed by atoms with van der Waals surface area (Å²) in [5.41, 5.74) is -1.31. The molecule has 0 radical (unpaired) electrons. The summed E-state index contributed by atoms with van der Waals surface area (Å²) in [4.78, 5) is 11.9. The van der Waals surface area contributed by atoms with E-state index in [2.05, 4.69) is 5.32 Å². The number of hydrogen-bond donors (Lipinski definition) is 2. The highest BCUT2D eigenvalue weighted by Gasteiger charge is 2.36. The Hall–Kier alpha value is -1.56. The molecule has 1 aromatic rings. The van der Waals surface area contributed by atoms with Gasteiger partial charge in [0, 0.05) is 24.1 Å². The van der Waals surface area contributed by atoms with E-state index >= 15 is 0 Å². The third-order valence-corrected chi connectivity index (χ3v) is 4.17. The van der Waals surface area contributed by atoms with Gasteiger partial charge in [0.25, 0.3) is 5.91 Å². The third kappa shape index (κ3) is 3.37. The van der Waals surface area contributed by atoms with E-state index in [0.29, 0.717) is 18.6 Å². The quantitative estimate of drug-likeness (QED) is 0.902. The van der Waals surface area contributed by atoms with Gasteiger partial charge < -0.3 is 10.4 Å². The Labute approximate surface area is 121 Å². The van der Waals surface area contributed by atoms with Crippen LogP contribution in [0.3, 0.4) is 0 Å². The van der Waals surface area contributed by atoms with E-state index in [1.165, 1.54) is 0 Å². The monoisotopic (exact) mass is 301 g/mol. The molecule has 2 atom stereocenters. The van der Waals surface area contributed by atoms with Crippen LogP contribution in [0.25, 0.3) is 0 Å². The van der Waals surface area contributed by atoms with Crippen molar-refractivity contribution < 1.29 is 23.1 Å². The topological polar surface area (TPSA) is 49.3 Å². The van der Waals surface area contributed by atoms with Crippen LogP contribution in [0.5, 0.6) is 0 Å². The van der Waals surface area contributed by atoms with E-state index in [9.17, 15) is 23.1 Å². The lowest BCUT2D eigenvalue weighted by Crippen LogP contribution is -2.45.